The lowest BCUT2D eigenvalue weighted by molar-refractivity contribution is -0.118. The van der Waals surface area contributed by atoms with Gasteiger partial charge in [0.15, 0.2) is 0 Å². The van der Waals surface area contributed by atoms with Gasteiger partial charge in [-0.15, -0.1) is 0 Å². The average molecular weight is 403 g/mol. The van der Waals surface area contributed by atoms with Crippen LogP contribution in [-0.4, -0.2) is 0 Å². The average Bonchev–Trinajstić information content (AvgIpc) is 3.01. The molecule has 0 aromatic carbocycles. The zero-order chi connectivity index (χ0) is 19.9. The minimum Gasteiger partial charge on any atom is -0.0776 e. The van der Waals surface area contributed by atoms with Crippen molar-refractivity contribution in [2.45, 2.75) is 132 Å². The Kier molecular flexibility index (Phi) is 7.54. The molecule has 4 aliphatic rings. The highest BCUT2D eigenvalue weighted by Gasteiger charge is 2.59. The molecule has 4 fully saturated rings. The van der Waals surface area contributed by atoms with Crippen molar-refractivity contribution in [3.05, 3.63) is 0 Å². The van der Waals surface area contributed by atoms with Crippen molar-refractivity contribution in [2.75, 3.05) is 0 Å². The normalized spacial score (nSPS) is 46.6. The third-order valence-corrected chi connectivity index (χ3v) is 11.1. The molecule has 8 unspecified atom stereocenters. The van der Waals surface area contributed by atoms with Crippen molar-refractivity contribution in [3.63, 3.8) is 0 Å². The molecule has 8 atom stereocenters. The van der Waals surface area contributed by atoms with E-state index in [2.05, 4.69) is 34.6 Å². The third kappa shape index (κ3) is 4.22. The Labute approximate surface area is 184 Å². The van der Waals surface area contributed by atoms with Gasteiger partial charge in [0.25, 0.3) is 0 Å². The van der Waals surface area contributed by atoms with Crippen molar-refractivity contribution in [1.29, 1.82) is 0 Å². The Hall–Kier alpha value is 0. The molecule has 0 nitrogen and oxygen atoms in total. The van der Waals surface area contributed by atoms with Gasteiger partial charge in [0.1, 0.15) is 0 Å². The van der Waals surface area contributed by atoms with Crippen molar-refractivity contribution < 1.29 is 0 Å². The molecule has 0 aliphatic heterocycles. The summed E-state index contributed by atoms with van der Waals surface area (Å²) in [6, 6.07) is 0. The summed E-state index contributed by atoms with van der Waals surface area (Å²) in [6.45, 7) is 12.7. The topological polar surface area (TPSA) is 0 Å². The first-order chi connectivity index (χ1) is 13.4. The Morgan fingerprint density at radius 1 is 0.828 bits per heavy atom. The molecule has 0 radical (unpaired) electrons. The van der Waals surface area contributed by atoms with Crippen LogP contribution >= 0.6 is 0 Å². The second-order valence-electron chi connectivity index (χ2n) is 12.7. The lowest BCUT2D eigenvalue weighted by Gasteiger charge is -2.61. The van der Waals surface area contributed by atoms with E-state index in [1.54, 1.807) is 51.4 Å². The van der Waals surface area contributed by atoms with Gasteiger partial charge in [0, 0.05) is 0 Å². The van der Waals surface area contributed by atoms with Gasteiger partial charge in [0.05, 0.1) is 0 Å². The Morgan fingerprint density at radius 3 is 2.28 bits per heavy atom. The summed E-state index contributed by atoms with van der Waals surface area (Å²) < 4.78 is 0. The van der Waals surface area contributed by atoms with Gasteiger partial charge >= 0.3 is 0 Å². The van der Waals surface area contributed by atoms with Gasteiger partial charge in [-0.2, -0.15) is 0 Å². The molecule has 0 saturated heterocycles. The van der Waals surface area contributed by atoms with Gasteiger partial charge < -0.3 is 0 Å². The number of rotatable bonds is 6. The molecule has 29 heavy (non-hydrogen) atoms. The first-order valence-corrected chi connectivity index (χ1v) is 13.4. The summed E-state index contributed by atoms with van der Waals surface area (Å²) in [6.07, 6.45) is 21.5. The maximum atomic E-state index is 2.75. The van der Waals surface area contributed by atoms with E-state index in [0.717, 1.165) is 41.4 Å². The number of hydrogen-bond donors (Lipinski definition) is 0. The van der Waals surface area contributed by atoms with Gasteiger partial charge in [-0.3, -0.25) is 0 Å². The molecule has 0 amide bonds. The lowest BCUT2D eigenvalue weighted by Crippen LogP contribution is -2.53. The number of hydrogen-bond acceptors (Lipinski definition) is 0. The maximum absolute atomic E-state index is 2.75. The molecule has 4 aliphatic carbocycles. The molecule has 4 saturated carbocycles. The van der Waals surface area contributed by atoms with Crippen LogP contribution in [-0.2, 0) is 0 Å². The second kappa shape index (κ2) is 9.24. The molecule has 0 aromatic rings. The van der Waals surface area contributed by atoms with Gasteiger partial charge in [-0.25, -0.2) is 0 Å². The minimum atomic E-state index is 0. The smallest absolute Gasteiger partial charge is 0.0266 e. The second-order valence-corrected chi connectivity index (χ2v) is 12.7. The Morgan fingerprint density at radius 2 is 1.55 bits per heavy atom. The third-order valence-electron chi connectivity index (χ3n) is 11.1. The quantitative estimate of drug-likeness (QED) is 0.388. The van der Waals surface area contributed by atoms with Crippen LogP contribution in [0.15, 0.2) is 0 Å². The highest BCUT2D eigenvalue weighted by molar-refractivity contribution is 5.09. The molecule has 0 spiro atoms. The molecule has 0 aromatic heterocycles. The van der Waals surface area contributed by atoms with Crippen LogP contribution in [0.4, 0.5) is 0 Å². The highest BCUT2D eigenvalue weighted by atomic mass is 14.6. The first-order valence-electron chi connectivity index (χ1n) is 13.4. The molecular formula is C29H54. The van der Waals surface area contributed by atoms with Crippen LogP contribution in [0.3, 0.4) is 0 Å². The zero-order valence-corrected chi connectivity index (χ0v) is 19.9. The first kappa shape index (κ1) is 23.7. The molecule has 170 valence electrons. The molecule has 0 N–H and O–H groups in total. The Balaban J connectivity index is 0.00000240. The van der Waals surface area contributed by atoms with Crippen LogP contribution in [0.5, 0.6) is 0 Å². The predicted octanol–water partition coefficient (Wildman–Crippen LogP) is 9.52. The monoisotopic (exact) mass is 402 g/mol. The molecule has 0 heterocycles. The van der Waals surface area contributed by atoms with Crippen LogP contribution in [0, 0.1) is 52.3 Å². The van der Waals surface area contributed by atoms with Crippen molar-refractivity contribution >= 4 is 0 Å². The summed E-state index contributed by atoms with van der Waals surface area (Å²) in [5, 5.41) is 0. The van der Waals surface area contributed by atoms with E-state index in [-0.39, 0.29) is 7.43 Å². The summed E-state index contributed by atoms with van der Waals surface area (Å²) in [5.74, 6) is 7.27. The van der Waals surface area contributed by atoms with E-state index in [4.69, 9.17) is 0 Å². The molecule has 0 bridgehead atoms. The SMILES string of the molecule is C.CCC1CCC2(C)C(CCC3C4CCC(CCCCC(C)C)C4(C)CCC32)C1. The fourth-order valence-electron chi connectivity index (χ4n) is 9.24. The molecule has 4 rings (SSSR count). The van der Waals surface area contributed by atoms with E-state index in [0.29, 0.717) is 10.8 Å². The van der Waals surface area contributed by atoms with E-state index in [1.807, 2.05) is 0 Å². The fraction of sp³-hybridized carbons (Fsp3) is 1.00. The van der Waals surface area contributed by atoms with Gasteiger partial charge in [-0.1, -0.05) is 67.7 Å². The maximum Gasteiger partial charge on any atom is -0.0266 e. The van der Waals surface area contributed by atoms with Gasteiger partial charge in [0.2, 0.25) is 0 Å². The van der Waals surface area contributed by atoms with Crippen LogP contribution in [0.1, 0.15) is 132 Å². The van der Waals surface area contributed by atoms with E-state index in [9.17, 15) is 0 Å². The summed E-state index contributed by atoms with van der Waals surface area (Å²) in [5.41, 5.74) is 1.40. The highest BCUT2D eigenvalue weighted by Crippen LogP contribution is 2.68. The van der Waals surface area contributed by atoms with Gasteiger partial charge in [-0.05, 0) is 116 Å². The lowest BCUT2D eigenvalue weighted by atomic mass is 9.44. The molecular weight excluding hydrogens is 348 g/mol. The summed E-state index contributed by atoms with van der Waals surface area (Å²) >= 11 is 0. The fourth-order valence-corrected chi connectivity index (χ4v) is 9.24. The predicted molar refractivity (Wildman–Crippen MR) is 129 cm³/mol. The number of fused-ring (bicyclic) bond motifs is 5. The summed E-state index contributed by atoms with van der Waals surface area (Å²) in [4.78, 5) is 0. The van der Waals surface area contributed by atoms with Crippen molar-refractivity contribution in [1.82, 2.24) is 0 Å². The van der Waals surface area contributed by atoms with Crippen molar-refractivity contribution in [2.24, 2.45) is 52.3 Å². The van der Waals surface area contributed by atoms with E-state index < -0.39 is 0 Å². The van der Waals surface area contributed by atoms with E-state index >= 15 is 0 Å². The van der Waals surface area contributed by atoms with Crippen LogP contribution in [0.2, 0.25) is 0 Å². The minimum absolute atomic E-state index is 0. The number of unbranched alkanes of at least 4 members (excludes halogenated alkanes) is 1. The van der Waals surface area contributed by atoms with Crippen LogP contribution in [0.25, 0.3) is 0 Å². The van der Waals surface area contributed by atoms with Crippen LogP contribution < -0.4 is 0 Å². The van der Waals surface area contributed by atoms with E-state index in [1.165, 1.54) is 38.5 Å². The summed E-state index contributed by atoms with van der Waals surface area (Å²) in [7, 11) is 0. The zero-order valence-electron chi connectivity index (χ0n) is 19.9. The largest absolute Gasteiger partial charge is 0.0776 e. The van der Waals surface area contributed by atoms with Crippen molar-refractivity contribution in [3.8, 4) is 0 Å². The standard InChI is InChI=1S/C28H50.CH4/c1-6-21-15-17-28(5)23(19-21)11-13-24-25-14-12-22(10-8-7-9-20(2)3)27(25,4)18-16-26(24)28;/h20-26H,6-19H2,1-5H3;1H4. The molecule has 0 heteroatoms. The Bertz CT molecular complexity index is 520.